The molecule has 3 rings (SSSR count). The van der Waals surface area contributed by atoms with Gasteiger partial charge >= 0.3 is 0 Å². The molecule has 20 heavy (non-hydrogen) atoms. The Hall–Kier alpha value is -2.12. The summed E-state index contributed by atoms with van der Waals surface area (Å²) in [6, 6.07) is 11.0. The lowest BCUT2D eigenvalue weighted by molar-refractivity contribution is 0.159. The van der Waals surface area contributed by atoms with Gasteiger partial charge in [-0.15, -0.1) is 0 Å². The number of halogens is 1. The second kappa shape index (κ2) is 5.10. The van der Waals surface area contributed by atoms with Crippen LogP contribution in [0.4, 0.5) is 4.39 Å². The van der Waals surface area contributed by atoms with Crippen molar-refractivity contribution in [2.45, 2.75) is 26.1 Å². The molecule has 1 atom stereocenters. The number of aromatic nitrogens is 1. The van der Waals surface area contributed by atoms with E-state index in [2.05, 4.69) is 34.7 Å². The fourth-order valence-electron chi connectivity index (χ4n) is 2.83. The molecule has 1 unspecified atom stereocenters. The Bertz CT molecular complexity index is 669. The summed E-state index contributed by atoms with van der Waals surface area (Å²) in [4.78, 5) is 2.24. The normalized spacial score (nSPS) is 18.6. The van der Waals surface area contributed by atoms with Crippen molar-refractivity contribution in [2.24, 2.45) is 0 Å². The zero-order valence-electron chi connectivity index (χ0n) is 11.4. The van der Waals surface area contributed by atoms with Gasteiger partial charge in [-0.25, -0.2) is 4.39 Å². The summed E-state index contributed by atoms with van der Waals surface area (Å²) in [5.41, 5.74) is 2.36. The molecule has 0 fully saturated rings. The zero-order valence-corrected chi connectivity index (χ0v) is 11.4. The number of rotatable bonds is 2. The van der Waals surface area contributed by atoms with Crippen LogP contribution in [0, 0.1) is 17.1 Å². The molecular formula is C16H16FN3. The van der Waals surface area contributed by atoms with Crippen LogP contribution in [-0.4, -0.2) is 16.0 Å². The predicted molar refractivity (Wildman–Crippen MR) is 74.4 cm³/mol. The molecule has 102 valence electrons. The Morgan fingerprint density at radius 2 is 2.20 bits per heavy atom. The summed E-state index contributed by atoms with van der Waals surface area (Å²) in [5.74, 6) is -0.239. The van der Waals surface area contributed by atoms with Gasteiger partial charge in [-0.1, -0.05) is 0 Å². The van der Waals surface area contributed by atoms with Crippen LogP contribution >= 0.6 is 0 Å². The molecule has 3 nitrogen and oxygen atoms in total. The third-order valence-corrected chi connectivity index (χ3v) is 4.02. The molecule has 2 aromatic rings. The Kier molecular flexibility index (Phi) is 3.29. The third-order valence-electron chi connectivity index (χ3n) is 4.02. The van der Waals surface area contributed by atoms with Crippen molar-refractivity contribution in [2.75, 3.05) is 6.54 Å². The summed E-state index contributed by atoms with van der Waals surface area (Å²) in [5, 5.41) is 8.92. The summed E-state index contributed by atoms with van der Waals surface area (Å²) in [6.45, 7) is 4.48. The summed E-state index contributed by atoms with van der Waals surface area (Å²) >= 11 is 0. The van der Waals surface area contributed by atoms with Gasteiger partial charge in [0.05, 0.1) is 11.6 Å². The lowest BCUT2D eigenvalue weighted by Crippen LogP contribution is -2.36. The minimum absolute atomic E-state index is 0.239. The number of benzene rings is 1. The van der Waals surface area contributed by atoms with E-state index in [0.29, 0.717) is 17.7 Å². The quantitative estimate of drug-likeness (QED) is 0.839. The zero-order chi connectivity index (χ0) is 14.1. The van der Waals surface area contributed by atoms with Gasteiger partial charge in [0.1, 0.15) is 5.82 Å². The first-order chi connectivity index (χ1) is 9.69. The highest BCUT2D eigenvalue weighted by Gasteiger charge is 2.24. The van der Waals surface area contributed by atoms with Crippen molar-refractivity contribution in [1.82, 2.24) is 9.47 Å². The second-order valence-electron chi connectivity index (χ2n) is 5.19. The van der Waals surface area contributed by atoms with Crippen molar-refractivity contribution < 1.29 is 4.39 Å². The predicted octanol–water partition coefficient (Wildman–Crippen LogP) is 3.08. The molecule has 0 N–H and O–H groups in total. The van der Waals surface area contributed by atoms with E-state index < -0.39 is 0 Å². The minimum Gasteiger partial charge on any atom is -0.349 e. The number of hydrogen-bond donors (Lipinski definition) is 0. The van der Waals surface area contributed by atoms with Crippen molar-refractivity contribution in [3.63, 3.8) is 0 Å². The molecule has 2 heterocycles. The molecule has 0 amide bonds. The van der Waals surface area contributed by atoms with Crippen LogP contribution in [0.1, 0.15) is 29.8 Å². The molecule has 1 aliphatic heterocycles. The maximum absolute atomic E-state index is 13.9. The number of nitrogens with zero attached hydrogens (tertiary/aromatic N) is 3. The molecule has 4 heteroatoms. The maximum atomic E-state index is 13.9. The van der Waals surface area contributed by atoms with Crippen LogP contribution in [0.3, 0.4) is 0 Å². The van der Waals surface area contributed by atoms with Crippen LogP contribution in [0.15, 0.2) is 36.5 Å². The Morgan fingerprint density at radius 3 is 3.00 bits per heavy atom. The molecule has 1 aliphatic rings. The van der Waals surface area contributed by atoms with Crippen molar-refractivity contribution in [3.8, 4) is 6.07 Å². The van der Waals surface area contributed by atoms with E-state index in [1.807, 2.05) is 6.07 Å². The molecule has 1 aromatic carbocycles. The van der Waals surface area contributed by atoms with E-state index in [4.69, 9.17) is 5.26 Å². The molecule has 1 aromatic heterocycles. The van der Waals surface area contributed by atoms with E-state index >= 15 is 0 Å². The molecule has 0 saturated heterocycles. The van der Waals surface area contributed by atoms with Crippen molar-refractivity contribution in [3.05, 3.63) is 59.2 Å². The van der Waals surface area contributed by atoms with E-state index in [9.17, 15) is 4.39 Å². The lowest BCUT2D eigenvalue weighted by atomic mass is 10.1. The first-order valence-corrected chi connectivity index (χ1v) is 6.76. The highest BCUT2D eigenvalue weighted by Crippen LogP contribution is 2.27. The van der Waals surface area contributed by atoms with Crippen LogP contribution in [0.5, 0.6) is 0 Å². The van der Waals surface area contributed by atoms with Crippen LogP contribution < -0.4 is 0 Å². The molecule has 0 spiro atoms. The largest absolute Gasteiger partial charge is 0.349 e. The maximum Gasteiger partial charge on any atom is 0.127 e. The summed E-state index contributed by atoms with van der Waals surface area (Å²) in [7, 11) is 0. The lowest BCUT2D eigenvalue weighted by Gasteiger charge is -2.35. The standard InChI is InChI=1S/C16H16FN3/c1-12-16-3-2-6-19(16)7-8-20(12)11-14-9-13(10-18)4-5-15(14)17/h2-6,9,12H,7-8,11H2,1H3. The van der Waals surface area contributed by atoms with Crippen LogP contribution in [-0.2, 0) is 13.1 Å². The SMILES string of the molecule is CC1c2cccn2CCN1Cc1cc(C#N)ccc1F. The van der Waals surface area contributed by atoms with Gasteiger partial charge in [-0.3, -0.25) is 4.90 Å². The smallest absolute Gasteiger partial charge is 0.127 e. The van der Waals surface area contributed by atoms with Crippen LogP contribution in [0.25, 0.3) is 0 Å². The Morgan fingerprint density at radius 1 is 1.35 bits per heavy atom. The van der Waals surface area contributed by atoms with Gasteiger partial charge in [-0.2, -0.15) is 5.26 Å². The molecular weight excluding hydrogens is 253 g/mol. The number of fused-ring (bicyclic) bond motifs is 1. The van der Waals surface area contributed by atoms with E-state index in [-0.39, 0.29) is 11.9 Å². The van der Waals surface area contributed by atoms with Gasteiger partial charge in [-0.05, 0) is 37.3 Å². The summed E-state index contributed by atoms with van der Waals surface area (Å²) in [6.07, 6.45) is 2.08. The van der Waals surface area contributed by atoms with Gasteiger partial charge < -0.3 is 4.57 Å². The average molecular weight is 269 g/mol. The molecule has 0 radical (unpaired) electrons. The highest BCUT2D eigenvalue weighted by atomic mass is 19.1. The van der Waals surface area contributed by atoms with Gasteiger partial charge in [0.2, 0.25) is 0 Å². The fraction of sp³-hybridized carbons (Fsp3) is 0.312. The highest BCUT2D eigenvalue weighted by molar-refractivity contribution is 5.34. The van der Waals surface area contributed by atoms with E-state index in [1.54, 1.807) is 6.07 Å². The summed E-state index contributed by atoms with van der Waals surface area (Å²) < 4.78 is 16.1. The molecule has 0 aliphatic carbocycles. The van der Waals surface area contributed by atoms with Crippen molar-refractivity contribution >= 4 is 0 Å². The number of nitriles is 1. The van der Waals surface area contributed by atoms with E-state index in [0.717, 1.165) is 13.1 Å². The van der Waals surface area contributed by atoms with Gasteiger partial charge in [0.15, 0.2) is 0 Å². The second-order valence-corrected chi connectivity index (χ2v) is 5.19. The number of hydrogen-bond acceptors (Lipinski definition) is 2. The molecule has 0 saturated carbocycles. The first kappa shape index (κ1) is 12.9. The Labute approximate surface area is 117 Å². The minimum atomic E-state index is -0.239. The van der Waals surface area contributed by atoms with Gasteiger partial charge in [0.25, 0.3) is 0 Å². The fourth-order valence-corrected chi connectivity index (χ4v) is 2.83. The Balaban J connectivity index is 1.84. The van der Waals surface area contributed by atoms with Gasteiger partial charge in [0, 0.05) is 43.1 Å². The third kappa shape index (κ3) is 2.21. The van der Waals surface area contributed by atoms with Crippen molar-refractivity contribution in [1.29, 1.82) is 5.26 Å². The monoisotopic (exact) mass is 269 g/mol. The molecule has 0 bridgehead atoms. The van der Waals surface area contributed by atoms with Crippen LogP contribution in [0.2, 0.25) is 0 Å². The van der Waals surface area contributed by atoms with E-state index in [1.165, 1.54) is 17.8 Å². The first-order valence-electron chi connectivity index (χ1n) is 6.76. The average Bonchev–Trinajstić information content (AvgIpc) is 2.93. The topological polar surface area (TPSA) is 32.0 Å².